The summed E-state index contributed by atoms with van der Waals surface area (Å²) in [5.74, 6) is -2.96. The van der Waals surface area contributed by atoms with Gasteiger partial charge in [-0.25, -0.2) is 9.78 Å². The van der Waals surface area contributed by atoms with E-state index in [9.17, 15) is 18.0 Å². The molecule has 1 amide bonds. The van der Waals surface area contributed by atoms with Gasteiger partial charge in [-0.15, -0.1) is 0 Å². The fourth-order valence-corrected chi connectivity index (χ4v) is 3.81. The minimum absolute atomic E-state index is 0.0195. The molecule has 0 spiro atoms. The number of amides is 1. The topological polar surface area (TPSA) is 122 Å². The Morgan fingerprint density at radius 3 is 2.66 bits per heavy atom. The number of rotatable bonds is 4. The van der Waals surface area contributed by atoms with Gasteiger partial charge in [0.2, 0.25) is 0 Å². The Bertz CT molecular complexity index is 923. The molecule has 0 aliphatic carbocycles. The molecule has 0 radical (unpaired) electrons. The van der Waals surface area contributed by atoms with E-state index in [1.165, 1.54) is 18.0 Å². The number of carboxylic acid groups (broad SMARTS) is 1. The molecule has 0 saturated carbocycles. The van der Waals surface area contributed by atoms with Crippen LogP contribution in [0.1, 0.15) is 28.9 Å². The predicted octanol–water partition coefficient (Wildman–Crippen LogP) is 1.01. The number of nitrogens with one attached hydrogen (secondary N) is 1. The highest BCUT2D eigenvalue weighted by Crippen LogP contribution is 2.30. The second-order valence-corrected chi connectivity index (χ2v) is 7.47. The molecular formula is C19H23F3N6O4. The normalized spacial score (nSPS) is 23.1. The molecular weight excluding hydrogens is 433 g/mol. The van der Waals surface area contributed by atoms with Crippen LogP contribution in [0.25, 0.3) is 0 Å². The Labute approximate surface area is 181 Å². The summed E-state index contributed by atoms with van der Waals surface area (Å²) in [7, 11) is 1.92. The molecule has 2 fully saturated rings. The Kier molecular flexibility index (Phi) is 7.40. The van der Waals surface area contributed by atoms with Gasteiger partial charge in [0.05, 0.1) is 24.5 Å². The van der Waals surface area contributed by atoms with E-state index in [2.05, 4.69) is 25.3 Å². The van der Waals surface area contributed by atoms with Crippen molar-refractivity contribution in [3.05, 3.63) is 42.2 Å². The highest BCUT2D eigenvalue weighted by atomic mass is 19.4. The molecule has 10 nitrogen and oxygen atoms in total. The Balaban J connectivity index is 0.000000360. The third kappa shape index (κ3) is 6.01. The van der Waals surface area contributed by atoms with Gasteiger partial charge in [-0.1, -0.05) is 0 Å². The molecule has 3 atom stereocenters. The van der Waals surface area contributed by atoms with Gasteiger partial charge in [0.1, 0.15) is 5.69 Å². The molecule has 4 heterocycles. The largest absolute Gasteiger partial charge is 0.490 e. The number of hydrogen-bond donors (Lipinski definition) is 2. The fourth-order valence-electron chi connectivity index (χ4n) is 3.81. The van der Waals surface area contributed by atoms with Crippen LogP contribution in [0.2, 0.25) is 0 Å². The maximum absolute atomic E-state index is 12.4. The van der Waals surface area contributed by atoms with E-state index in [1.54, 1.807) is 6.20 Å². The molecule has 2 saturated heterocycles. The number of aryl methyl sites for hydroxylation is 1. The van der Waals surface area contributed by atoms with E-state index in [1.807, 2.05) is 24.1 Å². The van der Waals surface area contributed by atoms with Crippen molar-refractivity contribution >= 4 is 11.9 Å². The van der Waals surface area contributed by atoms with E-state index in [4.69, 9.17) is 14.6 Å². The van der Waals surface area contributed by atoms with Crippen LogP contribution in [-0.4, -0.2) is 79.1 Å². The summed E-state index contributed by atoms with van der Waals surface area (Å²) < 4.78 is 39.6. The van der Waals surface area contributed by atoms with Crippen molar-refractivity contribution in [3.63, 3.8) is 0 Å². The number of carbonyl (C=O) groups excluding carboxylic acids is 1. The van der Waals surface area contributed by atoms with Crippen molar-refractivity contribution in [3.8, 4) is 0 Å². The standard InChI is InChI=1S/C17H22N6O2.C2HF3O2/c1-22-9-12(7-20-22)10-23-11-14(16-15(23)3-2-6-25-16)21-17(24)13-8-18-4-5-19-13;3-2(4,5)1(6)7/h4-5,7-9,14-16H,2-3,6,10-11H2,1H3,(H,21,24);(H,6,7)/t14-,15-,16-;/m0./s1. The molecule has 32 heavy (non-hydrogen) atoms. The van der Waals surface area contributed by atoms with Crippen molar-refractivity contribution < 1.29 is 32.6 Å². The summed E-state index contributed by atoms with van der Waals surface area (Å²) in [6.07, 6.45) is 5.56. The van der Waals surface area contributed by atoms with Crippen LogP contribution >= 0.6 is 0 Å². The Hall–Kier alpha value is -3.06. The van der Waals surface area contributed by atoms with Gasteiger partial charge >= 0.3 is 12.1 Å². The lowest BCUT2D eigenvalue weighted by atomic mass is 10.0. The van der Waals surface area contributed by atoms with Gasteiger partial charge in [0.15, 0.2) is 0 Å². The molecule has 2 aromatic rings. The van der Waals surface area contributed by atoms with Crippen molar-refractivity contribution in [1.82, 2.24) is 30.0 Å². The maximum Gasteiger partial charge on any atom is 0.490 e. The lowest BCUT2D eigenvalue weighted by Crippen LogP contribution is -2.47. The number of carboxylic acids is 1. The molecule has 2 aliphatic heterocycles. The summed E-state index contributed by atoms with van der Waals surface area (Å²) in [4.78, 5) is 31.8. The highest BCUT2D eigenvalue weighted by Gasteiger charge is 2.44. The number of halogens is 3. The van der Waals surface area contributed by atoms with Crippen LogP contribution < -0.4 is 5.32 Å². The minimum atomic E-state index is -5.08. The number of aliphatic carboxylic acids is 1. The van der Waals surface area contributed by atoms with Gasteiger partial charge in [0, 0.05) is 56.9 Å². The number of ether oxygens (including phenoxy) is 1. The van der Waals surface area contributed by atoms with Gasteiger partial charge in [-0.05, 0) is 12.8 Å². The maximum atomic E-state index is 12.4. The van der Waals surface area contributed by atoms with Crippen LogP contribution in [0, 0.1) is 0 Å². The molecule has 13 heteroatoms. The Morgan fingerprint density at radius 2 is 2.06 bits per heavy atom. The number of nitrogens with zero attached hydrogens (tertiary/aromatic N) is 5. The number of likely N-dealkylation sites (tertiary alicyclic amines) is 1. The van der Waals surface area contributed by atoms with Crippen molar-refractivity contribution in [2.24, 2.45) is 7.05 Å². The number of hydrogen-bond acceptors (Lipinski definition) is 7. The van der Waals surface area contributed by atoms with E-state index in [0.717, 1.165) is 32.5 Å². The van der Waals surface area contributed by atoms with Crippen LogP contribution in [0.3, 0.4) is 0 Å². The fraction of sp³-hybridized carbons (Fsp3) is 0.526. The number of alkyl halides is 3. The third-order valence-corrected chi connectivity index (χ3v) is 5.13. The predicted molar refractivity (Wildman–Crippen MR) is 103 cm³/mol. The first kappa shape index (κ1) is 23.6. The van der Waals surface area contributed by atoms with Gasteiger partial charge in [-0.2, -0.15) is 18.3 Å². The molecule has 2 N–H and O–H groups in total. The van der Waals surface area contributed by atoms with Gasteiger partial charge in [-0.3, -0.25) is 19.4 Å². The first-order valence-corrected chi connectivity index (χ1v) is 9.85. The van der Waals surface area contributed by atoms with E-state index >= 15 is 0 Å². The quantitative estimate of drug-likeness (QED) is 0.699. The summed E-state index contributed by atoms with van der Waals surface area (Å²) in [5.41, 5.74) is 1.51. The van der Waals surface area contributed by atoms with E-state index < -0.39 is 12.1 Å². The average molecular weight is 456 g/mol. The lowest BCUT2D eigenvalue weighted by molar-refractivity contribution is -0.192. The van der Waals surface area contributed by atoms with Crippen LogP contribution in [0.15, 0.2) is 31.0 Å². The second kappa shape index (κ2) is 10.0. The number of carbonyl (C=O) groups is 2. The smallest absolute Gasteiger partial charge is 0.475 e. The molecule has 0 bridgehead atoms. The van der Waals surface area contributed by atoms with Gasteiger partial charge < -0.3 is 15.2 Å². The number of fused-ring (bicyclic) bond motifs is 1. The second-order valence-electron chi connectivity index (χ2n) is 7.47. The first-order valence-electron chi connectivity index (χ1n) is 9.85. The molecule has 4 rings (SSSR count). The van der Waals surface area contributed by atoms with E-state index in [0.29, 0.717) is 11.7 Å². The van der Waals surface area contributed by atoms with E-state index in [-0.39, 0.29) is 18.1 Å². The molecule has 0 aromatic carbocycles. The Morgan fingerprint density at radius 1 is 1.31 bits per heavy atom. The third-order valence-electron chi connectivity index (χ3n) is 5.13. The van der Waals surface area contributed by atoms with Crippen molar-refractivity contribution in [1.29, 1.82) is 0 Å². The highest BCUT2D eigenvalue weighted by molar-refractivity contribution is 5.92. The number of aromatic nitrogens is 4. The van der Waals surface area contributed by atoms with Crippen LogP contribution in [0.5, 0.6) is 0 Å². The molecule has 2 aromatic heterocycles. The SMILES string of the molecule is Cn1cc(CN2C[C@H](NC(=O)c3cnccn3)[C@@H]3OCCC[C@@H]32)cn1.O=C(O)C(F)(F)F. The van der Waals surface area contributed by atoms with Crippen LogP contribution in [-0.2, 0) is 23.1 Å². The zero-order valence-electron chi connectivity index (χ0n) is 17.2. The van der Waals surface area contributed by atoms with Crippen molar-refractivity contribution in [2.75, 3.05) is 13.2 Å². The van der Waals surface area contributed by atoms with Crippen molar-refractivity contribution in [2.45, 2.75) is 43.8 Å². The molecule has 174 valence electrons. The van der Waals surface area contributed by atoms with Crippen LogP contribution in [0.4, 0.5) is 13.2 Å². The lowest BCUT2D eigenvalue weighted by Gasteiger charge is -2.32. The average Bonchev–Trinajstić information content (AvgIpc) is 3.32. The summed E-state index contributed by atoms with van der Waals surface area (Å²) in [6, 6.07) is 0.276. The molecule has 2 aliphatic rings. The summed E-state index contributed by atoms with van der Waals surface area (Å²) >= 11 is 0. The minimum Gasteiger partial charge on any atom is -0.475 e. The summed E-state index contributed by atoms with van der Waals surface area (Å²) in [6.45, 7) is 2.32. The first-order chi connectivity index (χ1) is 15.1. The monoisotopic (exact) mass is 456 g/mol. The zero-order chi connectivity index (χ0) is 23.3. The summed E-state index contributed by atoms with van der Waals surface area (Å²) in [5, 5.41) is 14.5. The van der Waals surface area contributed by atoms with Gasteiger partial charge in [0.25, 0.3) is 5.91 Å². The molecule has 0 unspecified atom stereocenters. The zero-order valence-corrected chi connectivity index (χ0v) is 17.2.